The van der Waals surface area contributed by atoms with Gasteiger partial charge in [0.25, 0.3) is 0 Å². The SMILES string of the molecule is CCCCCCCCC(CCCCCCCC)OC(=O)CCCCCCCOC(=O)C1CCCN1. The first kappa shape index (κ1) is 31.9. The number of nitrogens with one attached hydrogen (secondary N) is 1. The second-order valence-electron chi connectivity index (χ2n) is 10.6. The summed E-state index contributed by atoms with van der Waals surface area (Å²) < 4.78 is 11.3. The van der Waals surface area contributed by atoms with E-state index in [0.717, 1.165) is 64.3 Å². The summed E-state index contributed by atoms with van der Waals surface area (Å²) in [5.74, 6) is -0.105. The van der Waals surface area contributed by atoms with Gasteiger partial charge in [-0.1, -0.05) is 97.3 Å². The second kappa shape index (κ2) is 23.3. The number of ether oxygens (including phenoxy) is 2. The molecule has 5 heteroatoms. The molecule has 5 nitrogen and oxygen atoms in total. The monoisotopic (exact) mass is 495 g/mol. The smallest absolute Gasteiger partial charge is 0.323 e. The molecule has 0 bridgehead atoms. The Kier molecular flexibility index (Phi) is 21.3. The molecule has 0 aliphatic carbocycles. The zero-order valence-corrected chi connectivity index (χ0v) is 23.3. The van der Waals surface area contributed by atoms with Crippen LogP contribution in [0.5, 0.6) is 0 Å². The van der Waals surface area contributed by atoms with Crippen LogP contribution in [-0.4, -0.2) is 37.2 Å². The van der Waals surface area contributed by atoms with E-state index in [1.54, 1.807) is 0 Å². The molecule has 1 unspecified atom stereocenters. The molecular formula is C30H57NO4. The van der Waals surface area contributed by atoms with Crippen LogP contribution in [-0.2, 0) is 19.1 Å². The predicted molar refractivity (Wildman–Crippen MR) is 146 cm³/mol. The maximum atomic E-state index is 12.5. The molecule has 1 aliphatic heterocycles. The van der Waals surface area contributed by atoms with E-state index in [1.165, 1.54) is 77.0 Å². The Morgan fingerprint density at radius 1 is 0.743 bits per heavy atom. The Morgan fingerprint density at radius 3 is 1.86 bits per heavy atom. The summed E-state index contributed by atoms with van der Waals surface area (Å²) in [5, 5.41) is 3.17. The van der Waals surface area contributed by atoms with Crippen LogP contribution in [0.25, 0.3) is 0 Å². The zero-order valence-electron chi connectivity index (χ0n) is 23.3. The van der Waals surface area contributed by atoms with Gasteiger partial charge in [-0.15, -0.1) is 0 Å². The minimum absolute atomic E-state index is 0.00930. The van der Waals surface area contributed by atoms with E-state index in [2.05, 4.69) is 19.2 Å². The molecule has 0 radical (unpaired) electrons. The first-order chi connectivity index (χ1) is 17.2. The van der Waals surface area contributed by atoms with Crippen molar-refractivity contribution in [2.45, 2.75) is 167 Å². The van der Waals surface area contributed by atoms with Crippen LogP contribution < -0.4 is 5.32 Å². The molecule has 0 aromatic rings. The van der Waals surface area contributed by atoms with Gasteiger partial charge in [0.1, 0.15) is 12.1 Å². The van der Waals surface area contributed by atoms with E-state index in [0.29, 0.717) is 13.0 Å². The van der Waals surface area contributed by atoms with Gasteiger partial charge in [-0.2, -0.15) is 0 Å². The fourth-order valence-corrected chi connectivity index (χ4v) is 4.87. The highest BCUT2D eigenvalue weighted by Crippen LogP contribution is 2.18. The topological polar surface area (TPSA) is 64.6 Å². The van der Waals surface area contributed by atoms with Crippen LogP contribution in [0.1, 0.15) is 155 Å². The molecule has 1 atom stereocenters. The van der Waals surface area contributed by atoms with Crippen molar-refractivity contribution in [1.82, 2.24) is 5.32 Å². The third-order valence-corrected chi connectivity index (χ3v) is 7.17. The van der Waals surface area contributed by atoms with E-state index in [9.17, 15) is 9.59 Å². The molecule has 0 saturated carbocycles. The summed E-state index contributed by atoms with van der Waals surface area (Å²) >= 11 is 0. The third-order valence-electron chi connectivity index (χ3n) is 7.17. The van der Waals surface area contributed by atoms with Crippen molar-refractivity contribution in [3.8, 4) is 0 Å². The van der Waals surface area contributed by atoms with Gasteiger partial charge in [-0.25, -0.2) is 0 Å². The highest BCUT2D eigenvalue weighted by Gasteiger charge is 2.23. The van der Waals surface area contributed by atoms with E-state index in [1.807, 2.05) is 0 Å². The zero-order chi connectivity index (χ0) is 25.4. The molecule has 1 aliphatic rings. The van der Waals surface area contributed by atoms with Crippen LogP contribution in [0.2, 0.25) is 0 Å². The summed E-state index contributed by atoms with van der Waals surface area (Å²) in [4.78, 5) is 24.3. The van der Waals surface area contributed by atoms with Crippen LogP contribution in [0.3, 0.4) is 0 Å². The van der Waals surface area contributed by atoms with E-state index < -0.39 is 0 Å². The normalized spacial score (nSPS) is 15.6. The molecule has 1 saturated heterocycles. The maximum Gasteiger partial charge on any atom is 0.323 e. The number of rotatable bonds is 24. The van der Waals surface area contributed by atoms with Crippen molar-refractivity contribution in [3.63, 3.8) is 0 Å². The lowest BCUT2D eigenvalue weighted by molar-refractivity contribution is -0.150. The fraction of sp³-hybridized carbons (Fsp3) is 0.933. The van der Waals surface area contributed by atoms with Crippen molar-refractivity contribution in [2.75, 3.05) is 13.2 Å². The molecule has 0 spiro atoms. The van der Waals surface area contributed by atoms with Gasteiger partial charge in [0.2, 0.25) is 0 Å². The summed E-state index contributed by atoms with van der Waals surface area (Å²) in [7, 11) is 0. The average molecular weight is 496 g/mol. The molecule has 1 rings (SSSR count). The molecule has 206 valence electrons. The third kappa shape index (κ3) is 18.8. The molecule has 1 heterocycles. The van der Waals surface area contributed by atoms with Crippen LogP contribution in [0.4, 0.5) is 0 Å². The van der Waals surface area contributed by atoms with Gasteiger partial charge in [0.05, 0.1) is 6.61 Å². The quantitative estimate of drug-likeness (QED) is 0.108. The van der Waals surface area contributed by atoms with Gasteiger partial charge >= 0.3 is 11.9 Å². The van der Waals surface area contributed by atoms with Crippen molar-refractivity contribution in [2.24, 2.45) is 0 Å². The number of hydrogen-bond donors (Lipinski definition) is 1. The summed E-state index contributed by atoms with van der Waals surface area (Å²) in [6.45, 7) is 5.93. The van der Waals surface area contributed by atoms with Crippen molar-refractivity contribution in [3.05, 3.63) is 0 Å². The van der Waals surface area contributed by atoms with Gasteiger partial charge in [-0.05, 0) is 57.9 Å². The average Bonchev–Trinajstić information content (AvgIpc) is 3.40. The number of hydrogen-bond acceptors (Lipinski definition) is 5. The second-order valence-corrected chi connectivity index (χ2v) is 10.6. The predicted octanol–water partition coefficient (Wildman–Crippen LogP) is 8.04. The van der Waals surface area contributed by atoms with Gasteiger partial charge in [0, 0.05) is 6.42 Å². The van der Waals surface area contributed by atoms with Gasteiger partial charge < -0.3 is 14.8 Å². The molecule has 0 aromatic heterocycles. The van der Waals surface area contributed by atoms with Crippen molar-refractivity contribution in [1.29, 1.82) is 0 Å². The Morgan fingerprint density at radius 2 is 1.29 bits per heavy atom. The highest BCUT2D eigenvalue weighted by atomic mass is 16.5. The van der Waals surface area contributed by atoms with Gasteiger partial charge in [0.15, 0.2) is 0 Å². The molecule has 1 N–H and O–H groups in total. The lowest BCUT2D eigenvalue weighted by atomic mass is 10.0. The Labute approximate surface area is 216 Å². The lowest BCUT2D eigenvalue weighted by Crippen LogP contribution is -2.32. The lowest BCUT2D eigenvalue weighted by Gasteiger charge is -2.18. The minimum atomic E-state index is -0.0956. The number of unbranched alkanes of at least 4 members (excludes halogenated alkanes) is 14. The van der Waals surface area contributed by atoms with Crippen LogP contribution in [0.15, 0.2) is 0 Å². The molecule has 0 aromatic carbocycles. The molecular weight excluding hydrogens is 438 g/mol. The van der Waals surface area contributed by atoms with E-state index in [-0.39, 0.29) is 24.1 Å². The molecule has 0 amide bonds. The Bertz CT molecular complexity index is 489. The first-order valence-corrected chi connectivity index (χ1v) is 15.3. The van der Waals surface area contributed by atoms with Crippen LogP contribution in [0, 0.1) is 0 Å². The first-order valence-electron chi connectivity index (χ1n) is 15.3. The number of carbonyl (C=O) groups is 2. The number of carbonyl (C=O) groups excluding carboxylic acids is 2. The van der Waals surface area contributed by atoms with Crippen molar-refractivity contribution >= 4 is 11.9 Å². The maximum absolute atomic E-state index is 12.5. The molecule has 35 heavy (non-hydrogen) atoms. The number of esters is 2. The largest absolute Gasteiger partial charge is 0.465 e. The minimum Gasteiger partial charge on any atom is -0.465 e. The summed E-state index contributed by atoms with van der Waals surface area (Å²) in [6.07, 6.45) is 25.0. The van der Waals surface area contributed by atoms with E-state index in [4.69, 9.17) is 9.47 Å². The van der Waals surface area contributed by atoms with Crippen molar-refractivity contribution < 1.29 is 19.1 Å². The van der Waals surface area contributed by atoms with E-state index >= 15 is 0 Å². The summed E-state index contributed by atoms with van der Waals surface area (Å²) in [5.41, 5.74) is 0. The van der Waals surface area contributed by atoms with Crippen LogP contribution >= 0.6 is 0 Å². The highest BCUT2D eigenvalue weighted by molar-refractivity contribution is 5.76. The van der Waals surface area contributed by atoms with Gasteiger partial charge in [-0.3, -0.25) is 9.59 Å². The Hall–Kier alpha value is -1.10. The summed E-state index contributed by atoms with van der Waals surface area (Å²) in [6, 6.07) is -0.0908. The molecule has 1 fully saturated rings. The Balaban J connectivity index is 2.10. The fourth-order valence-electron chi connectivity index (χ4n) is 4.87. The standard InChI is InChI=1S/C30H57NO4/c1-3-5-7-9-12-16-21-27(22-17-13-10-8-6-4-2)35-29(32)24-18-14-11-15-19-26-34-30(33)28-23-20-25-31-28/h27-28,31H,3-26H2,1-2H3.